The highest BCUT2D eigenvalue weighted by Crippen LogP contribution is 2.32. The molecule has 0 aromatic heterocycles. The van der Waals surface area contributed by atoms with Gasteiger partial charge in [0.05, 0.1) is 7.11 Å². The van der Waals surface area contributed by atoms with Crippen LogP contribution in [0.5, 0.6) is 11.5 Å². The molecular weight excluding hydrogens is 458 g/mol. The van der Waals surface area contributed by atoms with Crippen LogP contribution >= 0.6 is 0 Å². The number of benzene rings is 2. The van der Waals surface area contributed by atoms with E-state index in [1.54, 1.807) is 24.3 Å². The molecule has 10 heteroatoms. The summed E-state index contributed by atoms with van der Waals surface area (Å²) in [5.74, 6) is 0.00606. The summed E-state index contributed by atoms with van der Waals surface area (Å²) in [5.41, 5.74) is 0.695. The van der Waals surface area contributed by atoms with E-state index in [0.29, 0.717) is 24.5 Å². The highest BCUT2D eigenvalue weighted by atomic mass is 32.2. The highest BCUT2D eigenvalue weighted by molar-refractivity contribution is 7.89. The van der Waals surface area contributed by atoms with Crippen molar-refractivity contribution in [2.45, 2.75) is 44.0 Å². The largest absolute Gasteiger partial charge is 0.495 e. The lowest BCUT2D eigenvalue weighted by Crippen LogP contribution is -2.42. The second-order valence-electron chi connectivity index (χ2n) is 8.05. The van der Waals surface area contributed by atoms with Crippen LogP contribution < -0.4 is 20.1 Å². The molecular formula is C24H31N3O6S. The average molecular weight is 490 g/mol. The van der Waals surface area contributed by atoms with Gasteiger partial charge < -0.3 is 20.1 Å². The van der Waals surface area contributed by atoms with Crippen molar-refractivity contribution in [1.29, 1.82) is 0 Å². The zero-order valence-corrected chi connectivity index (χ0v) is 20.5. The number of nitrogens with zero attached hydrogens (tertiary/aromatic N) is 1. The Morgan fingerprint density at radius 1 is 1.12 bits per heavy atom. The van der Waals surface area contributed by atoms with Crippen molar-refractivity contribution in [3.05, 3.63) is 48.0 Å². The number of methoxy groups -OCH3 is 1. The average Bonchev–Trinajstić information content (AvgIpc) is 2.83. The van der Waals surface area contributed by atoms with Crippen LogP contribution in [-0.2, 0) is 14.8 Å². The van der Waals surface area contributed by atoms with E-state index in [9.17, 15) is 18.0 Å². The maximum absolute atomic E-state index is 13.4. The minimum Gasteiger partial charge on any atom is -0.495 e. The Kier molecular flexibility index (Phi) is 8.51. The molecule has 2 N–H and O–H groups in total. The normalized spacial score (nSPS) is 16.5. The first-order chi connectivity index (χ1) is 16.3. The molecule has 1 heterocycles. The molecule has 2 aromatic rings. The lowest BCUT2D eigenvalue weighted by Gasteiger charge is -2.32. The summed E-state index contributed by atoms with van der Waals surface area (Å²) in [4.78, 5) is 24.3. The van der Waals surface area contributed by atoms with Gasteiger partial charge in [0, 0.05) is 30.4 Å². The number of rotatable bonds is 9. The smallest absolute Gasteiger partial charge is 0.257 e. The number of ether oxygens (including phenoxy) is 2. The Balaban J connectivity index is 1.75. The fourth-order valence-electron chi connectivity index (χ4n) is 3.81. The number of anilines is 1. The number of sulfonamides is 1. The molecule has 1 saturated heterocycles. The molecule has 3 rings (SSSR count). The monoisotopic (exact) mass is 489 g/mol. The second kappa shape index (κ2) is 11.3. The van der Waals surface area contributed by atoms with Crippen molar-refractivity contribution >= 4 is 27.5 Å². The summed E-state index contributed by atoms with van der Waals surface area (Å²) in [7, 11) is -2.42. The minimum absolute atomic E-state index is 0.0227. The predicted octanol–water partition coefficient (Wildman–Crippen LogP) is 3.03. The van der Waals surface area contributed by atoms with Gasteiger partial charge in [-0.1, -0.05) is 6.42 Å². The predicted molar refractivity (Wildman–Crippen MR) is 129 cm³/mol. The second-order valence-corrected chi connectivity index (χ2v) is 9.91. The molecule has 9 nitrogen and oxygen atoms in total. The fraction of sp³-hybridized carbons (Fsp3) is 0.417. The molecule has 1 atom stereocenters. The molecule has 0 saturated carbocycles. The molecule has 0 bridgehead atoms. The van der Waals surface area contributed by atoms with Crippen LogP contribution in [0.4, 0.5) is 5.69 Å². The Labute approximate surface area is 200 Å². The number of piperidine rings is 1. The maximum Gasteiger partial charge on any atom is 0.257 e. The third-order valence-electron chi connectivity index (χ3n) is 5.61. The molecule has 1 aliphatic heterocycles. The van der Waals surface area contributed by atoms with Crippen LogP contribution in [0.1, 0.15) is 43.5 Å². The number of nitrogens with one attached hydrogen (secondary N) is 2. The molecule has 1 fully saturated rings. The van der Waals surface area contributed by atoms with E-state index in [2.05, 4.69) is 10.6 Å². The van der Waals surface area contributed by atoms with Crippen molar-refractivity contribution in [1.82, 2.24) is 9.62 Å². The van der Waals surface area contributed by atoms with Crippen LogP contribution in [0.2, 0.25) is 0 Å². The Bertz CT molecular complexity index is 1120. The molecule has 1 aliphatic rings. The highest BCUT2D eigenvalue weighted by Gasteiger charge is 2.33. The van der Waals surface area contributed by atoms with Crippen LogP contribution in [0, 0.1) is 0 Å². The summed E-state index contributed by atoms with van der Waals surface area (Å²) in [5, 5.41) is 5.39. The Morgan fingerprint density at radius 3 is 2.50 bits per heavy atom. The van der Waals surface area contributed by atoms with Gasteiger partial charge in [-0.05, 0) is 69.2 Å². The zero-order valence-electron chi connectivity index (χ0n) is 19.7. The molecule has 1 unspecified atom stereocenters. The third-order valence-corrected chi connectivity index (χ3v) is 7.65. The number of carbonyl (C=O) groups is 2. The molecule has 184 valence electrons. The van der Waals surface area contributed by atoms with Crippen LogP contribution in [0.15, 0.2) is 47.4 Å². The van der Waals surface area contributed by atoms with Crippen molar-refractivity contribution in [2.75, 3.05) is 32.1 Å². The summed E-state index contributed by atoms with van der Waals surface area (Å²) in [6.07, 6.45) is 2.59. The van der Waals surface area contributed by atoms with Crippen LogP contribution in [0.3, 0.4) is 0 Å². The summed E-state index contributed by atoms with van der Waals surface area (Å²) in [6, 6.07) is 10.8. The van der Waals surface area contributed by atoms with E-state index >= 15 is 0 Å². The van der Waals surface area contributed by atoms with Crippen LogP contribution in [-0.4, -0.2) is 57.4 Å². The lowest BCUT2D eigenvalue weighted by molar-refractivity contribution is -0.122. The Morgan fingerprint density at radius 2 is 1.85 bits per heavy atom. The van der Waals surface area contributed by atoms with Gasteiger partial charge in [0.2, 0.25) is 10.0 Å². The molecule has 2 aromatic carbocycles. The Hall–Kier alpha value is -3.11. The van der Waals surface area contributed by atoms with Gasteiger partial charge in [-0.3, -0.25) is 9.59 Å². The third kappa shape index (κ3) is 6.06. The zero-order chi connectivity index (χ0) is 24.7. The quantitative estimate of drug-likeness (QED) is 0.560. The van der Waals surface area contributed by atoms with Crippen molar-refractivity contribution in [3.63, 3.8) is 0 Å². The van der Waals surface area contributed by atoms with Crippen molar-refractivity contribution in [3.8, 4) is 11.5 Å². The minimum atomic E-state index is -3.83. The lowest BCUT2D eigenvalue weighted by atomic mass is 10.1. The van der Waals surface area contributed by atoms with Crippen molar-refractivity contribution in [2.24, 2.45) is 0 Å². The summed E-state index contributed by atoms with van der Waals surface area (Å²) < 4.78 is 38.9. The van der Waals surface area contributed by atoms with Gasteiger partial charge >= 0.3 is 0 Å². The van der Waals surface area contributed by atoms with Crippen LogP contribution in [0.25, 0.3) is 0 Å². The standard InChI is InChI=1S/C24H31N3O6S/c1-4-25-23(28)16-33-20-11-9-19(10-12-20)26-24(29)18-8-13-21(32-3)22(15-18)34(30,31)27-14-6-5-7-17(27)2/h8-13,15,17H,4-7,14,16H2,1-3H3,(H,25,28)(H,26,29). The first kappa shape index (κ1) is 25.5. The van der Waals surface area contributed by atoms with Gasteiger partial charge in [0.25, 0.3) is 11.8 Å². The van der Waals surface area contributed by atoms with Crippen molar-refractivity contribution < 1.29 is 27.5 Å². The summed E-state index contributed by atoms with van der Waals surface area (Å²) >= 11 is 0. The molecule has 0 aliphatic carbocycles. The number of carbonyl (C=O) groups excluding carboxylic acids is 2. The van der Waals surface area contributed by atoms with Gasteiger partial charge in [0.15, 0.2) is 6.61 Å². The molecule has 0 spiro atoms. The maximum atomic E-state index is 13.4. The summed E-state index contributed by atoms with van der Waals surface area (Å²) in [6.45, 7) is 4.59. The number of hydrogen-bond donors (Lipinski definition) is 2. The van der Waals surface area contributed by atoms with Gasteiger partial charge in [-0.25, -0.2) is 8.42 Å². The number of likely N-dealkylation sites (N-methyl/N-ethyl adjacent to an activating group) is 1. The molecule has 2 amide bonds. The first-order valence-electron chi connectivity index (χ1n) is 11.3. The van der Waals surface area contributed by atoms with E-state index in [0.717, 1.165) is 19.3 Å². The van der Waals surface area contributed by atoms with E-state index in [1.807, 2.05) is 13.8 Å². The first-order valence-corrected chi connectivity index (χ1v) is 12.7. The fourth-order valence-corrected chi connectivity index (χ4v) is 5.69. The molecule has 0 radical (unpaired) electrons. The van der Waals surface area contributed by atoms with Gasteiger partial charge in [-0.2, -0.15) is 4.31 Å². The molecule has 34 heavy (non-hydrogen) atoms. The van der Waals surface area contributed by atoms with Gasteiger partial charge in [0.1, 0.15) is 16.4 Å². The SMILES string of the molecule is CCNC(=O)COc1ccc(NC(=O)c2ccc(OC)c(S(=O)(=O)N3CCCCC3C)c2)cc1. The van der Waals surface area contributed by atoms with E-state index < -0.39 is 15.9 Å². The van der Waals surface area contributed by atoms with E-state index in [-0.39, 0.29) is 34.8 Å². The number of amides is 2. The van der Waals surface area contributed by atoms with E-state index in [4.69, 9.17) is 9.47 Å². The topological polar surface area (TPSA) is 114 Å². The van der Waals surface area contributed by atoms with E-state index in [1.165, 1.54) is 29.6 Å². The number of hydrogen-bond acceptors (Lipinski definition) is 6. The van der Waals surface area contributed by atoms with Gasteiger partial charge in [-0.15, -0.1) is 0 Å².